The van der Waals surface area contributed by atoms with E-state index >= 15 is 0 Å². The maximum absolute atomic E-state index is 13.3. The van der Waals surface area contributed by atoms with E-state index < -0.39 is 0 Å². The molecular weight excluding hydrogens is 424 g/mol. The number of nitrogens with one attached hydrogen (secondary N) is 1. The van der Waals surface area contributed by atoms with Gasteiger partial charge in [-0.2, -0.15) is 5.10 Å². The molecule has 0 spiro atoms. The van der Waals surface area contributed by atoms with Crippen LogP contribution in [0.2, 0.25) is 0 Å². The number of aromatic amines is 1. The van der Waals surface area contributed by atoms with Crippen LogP contribution in [-0.4, -0.2) is 77.6 Å². The van der Waals surface area contributed by atoms with Gasteiger partial charge in [-0.3, -0.25) is 14.8 Å². The largest absolute Gasteiger partial charge is 0.507 e. The zero-order valence-corrected chi connectivity index (χ0v) is 18.7. The van der Waals surface area contributed by atoms with Crippen molar-refractivity contribution in [3.63, 3.8) is 0 Å². The third-order valence-electron chi connectivity index (χ3n) is 6.24. The maximum Gasteiger partial charge on any atom is 0.258 e. The zero-order valence-electron chi connectivity index (χ0n) is 18.7. The van der Waals surface area contributed by atoms with Crippen LogP contribution in [-0.2, 0) is 29.2 Å². The number of ether oxygens (including phenoxy) is 3. The number of nitrogens with zero attached hydrogens (tertiary/aromatic N) is 3. The molecule has 5 rings (SSSR count). The first-order chi connectivity index (χ1) is 16.1. The minimum atomic E-state index is -0.218. The Morgan fingerprint density at radius 3 is 2.82 bits per heavy atom. The number of phenolic OH excluding ortho intramolecular Hbond substituents is 1. The number of aromatic hydroxyl groups is 1. The van der Waals surface area contributed by atoms with E-state index in [1.165, 1.54) is 6.07 Å². The lowest BCUT2D eigenvalue weighted by atomic mass is 10.1. The van der Waals surface area contributed by atoms with E-state index in [4.69, 9.17) is 14.2 Å². The van der Waals surface area contributed by atoms with Crippen LogP contribution < -0.4 is 4.74 Å². The highest BCUT2D eigenvalue weighted by atomic mass is 16.5. The topological polar surface area (TPSA) is 100 Å². The van der Waals surface area contributed by atoms with Crippen LogP contribution >= 0.6 is 0 Å². The van der Waals surface area contributed by atoms with Crippen molar-refractivity contribution in [2.75, 3.05) is 46.6 Å². The van der Waals surface area contributed by atoms with E-state index in [-0.39, 0.29) is 17.2 Å². The fourth-order valence-corrected chi connectivity index (χ4v) is 4.42. The Kier molecular flexibility index (Phi) is 6.17. The number of methoxy groups -OCH3 is 1. The van der Waals surface area contributed by atoms with Gasteiger partial charge in [0.05, 0.1) is 36.6 Å². The third-order valence-corrected chi connectivity index (χ3v) is 6.24. The number of hydrogen-bond donors (Lipinski definition) is 2. The average Bonchev–Trinajstić information content (AvgIpc) is 3.42. The van der Waals surface area contributed by atoms with Crippen LogP contribution in [0.15, 0.2) is 30.3 Å². The van der Waals surface area contributed by atoms with Crippen molar-refractivity contribution in [1.82, 2.24) is 20.0 Å². The second-order valence-corrected chi connectivity index (χ2v) is 8.42. The molecule has 9 nitrogen and oxygen atoms in total. The molecule has 3 heterocycles. The van der Waals surface area contributed by atoms with E-state index in [9.17, 15) is 9.90 Å². The molecule has 1 amide bonds. The molecule has 0 unspecified atom stereocenters. The van der Waals surface area contributed by atoms with Crippen LogP contribution in [0.3, 0.4) is 0 Å². The van der Waals surface area contributed by atoms with Gasteiger partial charge < -0.3 is 24.2 Å². The van der Waals surface area contributed by atoms with Crippen LogP contribution in [0, 0.1) is 0 Å². The van der Waals surface area contributed by atoms with Gasteiger partial charge in [-0.15, -0.1) is 0 Å². The van der Waals surface area contributed by atoms with E-state index in [1.807, 2.05) is 18.2 Å². The number of carbonyl (C=O) groups excluding carboxylic acids is 1. The quantitative estimate of drug-likeness (QED) is 0.567. The summed E-state index contributed by atoms with van der Waals surface area (Å²) in [7, 11) is 1.60. The summed E-state index contributed by atoms with van der Waals surface area (Å²) >= 11 is 0. The Balaban J connectivity index is 1.26. The number of morpholine rings is 1. The summed E-state index contributed by atoms with van der Waals surface area (Å²) in [5.41, 5.74) is 3.78. The fourth-order valence-electron chi connectivity index (χ4n) is 4.42. The summed E-state index contributed by atoms with van der Waals surface area (Å²) in [4.78, 5) is 17.3. The lowest BCUT2D eigenvalue weighted by Crippen LogP contribution is -2.38. The van der Waals surface area contributed by atoms with Gasteiger partial charge in [-0.05, 0) is 29.3 Å². The van der Waals surface area contributed by atoms with E-state index in [0.717, 1.165) is 60.8 Å². The molecule has 0 bridgehead atoms. The Bertz CT molecular complexity index is 1160. The van der Waals surface area contributed by atoms with Gasteiger partial charge in [-0.1, -0.05) is 6.07 Å². The monoisotopic (exact) mass is 452 g/mol. The van der Waals surface area contributed by atoms with Crippen molar-refractivity contribution < 1.29 is 24.1 Å². The molecule has 3 aromatic rings. The second-order valence-electron chi connectivity index (χ2n) is 8.42. The van der Waals surface area contributed by atoms with Gasteiger partial charge in [0.2, 0.25) is 0 Å². The number of aromatic nitrogens is 2. The first-order valence-electron chi connectivity index (χ1n) is 11.2. The lowest BCUT2D eigenvalue weighted by Gasteiger charge is -2.26. The highest BCUT2D eigenvalue weighted by molar-refractivity contribution is 6.01. The number of hydrogen-bond acceptors (Lipinski definition) is 7. The van der Waals surface area contributed by atoms with Crippen LogP contribution in [0.4, 0.5) is 0 Å². The summed E-state index contributed by atoms with van der Waals surface area (Å²) in [6.07, 6.45) is 0. The molecular formula is C24H28N4O5. The van der Waals surface area contributed by atoms with Crippen molar-refractivity contribution in [1.29, 1.82) is 0 Å². The Labute approximate surface area is 191 Å². The minimum Gasteiger partial charge on any atom is -0.507 e. The van der Waals surface area contributed by atoms with E-state index in [0.29, 0.717) is 31.8 Å². The van der Waals surface area contributed by atoms with Gasteiger partial charge in [0.25, 0.3) is 5.91 Å². The number of amides is 1. The molecule has 174 valence electrons. The van der Waals surface area contributed by atoms with Crippen molar-refractivity contribution in [3.05, 3.63) is 52.7 Å². The summed E-state index contributed by atoms with van der Waals surface area (Å²) in [5, 5.41) is 18.3. The van der Waals surface area contributed by atoms with Gasteiger partial charge in [-0.25, -0.2) is 0 Å². The highest BCUT2D eigenvalue weighted by Gasteiger charge is 2.27. The molecule has 33 heavy (non-hydrogen) atoms. The molecule has 1 saturated heterocycles. The minimum absolute atomic E-state index is 0.0777. The number of benzene rings is 2. The molecule has 1 fully saturated rings. The summed E-state index contributed by atoms with van der Waals surface area (Å²) in [6, 6.07) is 9.19. The first kappa shape index (κ1) is 21.7. The zero-order chi connectivity index (χ0) is 22.8. The van der Waals surface area contributed by atoms with Crippen LogP contribution in [0.5, 0.6) is 11.5 Å². The van der Waals surface area contributed by atoms with Gasteiger partial charge in [0.15, 0.2) is 0 Å². The van der Waals surface area contributed by atoms with Crippen molar-refractivity contribution >= 4 is 16.8 Å². The molecule has 2 aliphatic heterocycles. The number of fused-ring (bicyclic) bond motifs is 2. The number of carbonyl (C=O) groups is 1. The van der Waals surface area contributed by atoms with Crippen molar-refractivity contribution in [3.8, 4) is 11.5 Å². The summed E-state index contributed by atoms with van der Waals surface area (Å²) in [6.45, 7) is 6.23. The molecule has 9 heteroatoms. The summed E-state index contributed by atoms with van der Waals surface area (Å²) < 4.78 is 16.5. The number of H-pyrrole nitrogens is 1. The van der Waals surface area contributed by atoms with Gasteiger partial charge in [0.1, 0.15) is 18.1 Å². The number of phenols is 1. The average molecular weight is 453 g/mol. The Morgan fingerprint density at radius 2 is 2.00 bits per heavy atom. The molecule has 0 atom stereocenters. The normalized spacial score (nSPS) is 16.3. The smallest absolute Gasteiger partial charge is 0.258 e. The van der Waals surface area contributed by atoms with Crippen molar-refractivity contribution in [2.24, 2.45) is 0 Å². The molecule has 0 radical (unpaired) electrons. The molecule has 2 aromatic carbocycles. The third kappa shape index (κ3) is 4.52. The van der Waals surface area contributed by atoms with E-state index in [1.54, 1.807) is 18.1 Å². The second kappa shape index (κ2) is 9.38. The predicted molar refractivity (Wildman–Crippen MR) is 121 cm³/mol. The van der Waals surface area contributed by atoms with E-state index in [2.05, 4.69) is 15.1 Å². The predicted octanol–water partition coefficient (Wildman–Crippen LogP) is 2.28. The molecule has 0 saturated carbocycles. The fraction of sp³-hybridized carbons (Fsp3) is 0.417. The molecule has 1 aromatic heterocycles. The molecule has 2 N–H and O–H groups in total. The van der Waals surface area contributed by atoms with Crippen LogP contribution in [0.25, 0.3) is 10.9 Å². The Morgan fingerprint density at radius 1 is 1.18 bits per heavy atom. The van der Waals surface area contributed by atoms with Gasteiger partial charge >= 0.3 is 0 Å². The van der Waals surface area contributed by atoms with Gasteiger partial charge in [0, 0.05) is 51.3 Å². The highest BCUT2D eigenvalue weighted by Crippen LogP contribution is 2.32. The number of rotatable bonds is 7. The molecule has 2 aliphatic rings. The first-order valence-corrected chi connectivity index (χ1v) is 11.2. The SMILES string of the molecule is COCc1[nH]nc2cc(O)c(C(=O)N3Cc4ccc(OCCN5CCOCC5)cc4C3)cc12. The van der Waals surface area contributed by atoms with Crippen molar-refractivity contribution in [2.45, 2.75) is 19.7 Å². The summed E-state index contributed by atoms with van der Waals surface area (Å²) in [5.74, 6) is 0.513. The maximum atomic E-state index is 13.3. The standard InChI is InChI=1S/C24H28N4O5/c1-31-15-22-19-11-20(23(29)12-21(19)25-26-22)24(30)28-13-16-2-3-18(10-17(16)14-28)33-9-6-27-4-7-32-8-5-27/h2-3,10-12,29H,4-9,13-15H2,1H3,(H,25,26). The lowest BCUT2D eigenvalue weighted by molar-refractivity contribution is 0.0322. The Hall–Kier alpha value is -3.14. The van der Waals surface area contributed by atoms with Crippen LogP contribution in [0.1, 0.15) is 27.2 Å². The molecule has 0 aliphatic carbocycles.